The Kier molecular flexibility index (Phi) is 23.0. The first kappa shape index (κ1) is 73.5. The van der Waals surface area contributed by atoms with Gasteiger partial charge in [-0.3, -0.25) is 0 Å². The monoisotopic (exact) mass is 1560 g/mol. The average Bonchev–Trinajstić information content (AvgIpc) is 0.778. The van der Waals surface area contributed by atoms with Gasteiger partial charge in [0.1, 0.15) is 28.0 Å². The van der Waals surface area contributed by atoms with E-state index >= 15 is 0 Å². The van der Waals surface area contributed by atoms with Gasteiger partial charge >= 0.3 is 0 Å². The van der Waals surface area contributed by atoms with Gasteiger partial charge in [0, 0.05) is 72.9 Å². The topological polar surface area (TPSA) is 40.2 Å². The number of nitrogens with one attached hydrogen (secondary N) is 1. The second-order valence-electron chi connectivity index (χ2n) is 26.9. The minimum absolute atomic E-state index is 0.504. The molecule has 0 aliphatic rings. The molecule has 0 fully saturated rings. The van der Waals surface area contributed by atoms with Gasteiger partial charge in [0.05, 0.1) is 22.1 Å². The highest BCUT2D eigenvalue weighted by molar-refractivity contribution is 9.10. The van der Waals surface area contributed by atoms with Crippen molar-refractivity contribution in [3.63, 3.8) is 0 Å². The van der Waals surface area contributed by atoms with E-state index in [4.69, 9.17) is 32.7 Å². The fourth-order valence-electron chi connectivity index (χ4n) is 14.0. The Labute approximate surface area is 678 Å². The van der Waals surface area contributed by atoms with Gasteiger partial charge in [0.25, 0.3) is 0 Å². The molecule has 544 valence electrons. The molecular formula is C104H75BrCl2N4O2. The molecule has 18 rings (SSSR count). The molecular weight excluding hydrogens is 1490 g/mol. The first-order valence-corrected chi connectivity index (χ1v) is 39.0. The number of rotatable bonds is 19. The van der Waals surface area contributed by atoms with E-state index in [1.165, 1.54) is 33.4 Å². The predicted molar refractivity (Wildman–Crippen MR) is 481 cm³/mol. The molecule has 0 saturated heterocycles. The first-order valence-electron chi connectivity index (χ1n) is 37.4. The molecule has 0 bridgehead atoms. The summed E-state index contributed by atoms with van der Waals surface area (Å²) in [5.41, 5.74) is 20.8. The molecule has 9 heteroatoms. The number of hydrogen-bond donors (Lipinski definition) is 1. The molecule has 113 heavy (non-hydrogen) atoms. The molecule has 0 atom stereocenters. The van der Waals surface area contributed by atoms with Crippen molar-refractivity contribution in [2.45, 2.75) is 0 Å². The summed E-state index contributed by atoms with van der Waals surface area (Å²) in [6.45, 7) is 0. The zero-order valence-corrected chi connectivity index (χ0v) is 64.6. The van der Waals surface area contributed by atoms with Crippen LogP contribution in [0.3, 0.4) is 0 Å². The summed E-state index contributed by atoms with van der Waals surface area (Å²) in [5, 5.41) is 8.90. The third-order valence-electron chi connectivity index (χ3n) is 19.5. The lowest BCUT2D eigenvalue weighted by molar-refractivity contribution is 0.483. The number of halogens is 3. The highest BCUT2D eigenvalue weighted by Crippen LogP contribution is 2.48. The number of benzene rings is 18. The standard InChI is InChI=1S/C52H37ClN2O.C28H19BrClNO.C24H19N/c53-52-49(54(45-32-28-40(29-33-45)38-16-5-1-6-17-38)46-34-30-41(31-35-46)39-18-7-2-8-19-39)26-15-27-51(52)56-47-36-42-20-13-14-25-48(42)50(37-47)55(43-21-9-3-10-22-43)44-23-11-4-12-24-44;29-25-16-9-17-27(28(25)30)32-23-18-20-10-7-8-15-24(20)26(19-23)31(21-11-3-1-4-12-21)22-13-5-2-6-14-22;1-3-7-19(8-4-1)21-11-15-23(16-12-21)25-24-17-13-22(14-18-24)20-9-5-2-6-10-20/h1-37H;1-19H;1-18,25H. The Morgan fingerprint density at radius 2 is 0.487 bits per heavy atom. The third-order valence-corrected chi connectivity index (χ3v) is 21.1. The van der Waals surface area contributed by atoms with E-state index in [9.17, 15) is 0 Å². The van der Waals surface area contributed by atoms with Crippen LogP contribution in [0.25, 0.3) is 66.1 Å². The van der Waals surface area contributed by atoms with Gasteiger partial charge < -0.3 is 29.5 Å². The van der Waals surface area contributed by atoms with Gasteiger partial charge in [-0.15, -0.1) is 0 Å². The molecule has 0 amide bonds. The van der Waals surface area contributed by atoms with Crippen LogP contribution in [0.1, 0.15) is 0 Å². The number of hydrogen-bond acceptors (Lipinski definition) is 6. The Hall–Kier alpha value is -13.7. The SMILES string of the molecule is Clc1c(Br)cccc1Oc1cc(N(c2ccccc2)c2ccccc2)c2ccccc2c1.Clc1c(Oc2cc(N(c3ccccc3)c3ccccc3)c3ccccc3c2)cccc1N(c1ccc(-c2ccccc2)cc1)c1ccc(-c2ccccc2)cc1.c1ccc(-c2ccc(Nc3ccc(-c4ccccc4)cc3)cc2)cc1. The number of anilines is 11. The fourth-order valence-corrected chi connectivity index (χ4v) is 14.7. The fraction of sp³-hybridized carbons (Fsp3) is 0. The van der Waals surface area contributed by atoms with Gasteiger partial charge in [-0.1, -0.05) is 327 Å². The minimum atomic E-state index is 0.504. The predicted octanol–water partition coefficient (Wildman–Crippen LogP) is 31.8. The van der Waals surface area contributed by atoms with E-state index in [1.54, 1.807) is 0 Å². The van der Waals surface area contributed by atoms with Gasteiger partial charge in [-0.2, -0.15) is 0 Å². The summed E-state index contributed by atoms with van der Waals surface area (Å²) in [7, 11) is 0. The van der Waals surface area contributed by atoms with Crippen molar-refractivity contribution >= 4 is 123 Å². The second-order valence-corrected chi connectivity index (χ2v) is 28.5. The zero-order valence-electron chi connectivity index (χ0n) is 61.5. The Bertz CT molecular complexity index is 5900. The summed E-state index contributed by atoms with van der Waals surface area (Å²) in [6.07, 6.45) is 0. The van der Waals surface area contributed by atoms with Gasteiger partial charge in [0.15, 0.2) is 0 Å². The molecule has 0 heterocycles. The smallest absolute Gasteiger partial charge is 0.148 e. The Balaban J connectivity index is 0.000000142. The van der Waals surface area contributed by atoms with Crippen LogP contribution in [-0.2, 0) is 0 Å². The normalized spacial score (nSPS) is 10.8. The summed E-state index contributed by atoms with van der Waals surface area (Å²) < 4.78 is 13.9. The molecule has 0 saturated carbocycles. The molecule has 1 N–H and O–H groups in total. The van der Waals surface area contributed by atoms with Crippen molar-refractivity contribution in [3.05, 3.63) is 463 Å². The summed E-state index contributed by atoms with van der Waals surface area (Å²) in [6, 6.07) is 154. The summed E-state index contributed by atoms with van der Waals surface area (Å²) in [5.74, 6) is 2.56. The molecule has 0 radical (unpaired) electrons. The van der Waals surface area contributed by atoms with Gasteiger partial charge in [0.2, 0.25) is 0 Å². The van der Waals surface area contributed by atoms with Crippen LogP contribution in [0.5, 0.6) is 23.0 Å². The zero-order chi connectivity index (χ0) is 76.5. The van der Waals surface area contributed by atoms with Gasteiger partial charge in [-0.25, -0.2) is 0 Å². The van der Waals surface area contributed by atoms with Crippen LogP contribution in [0.15, 0.2) is 453 Å². The lowest BCUT2D eigenvalue weighted by Gasteiger charge is -2.28. The molecule has 0 aromatic heterocycles. The van der Waals surface area contributed by atoms with Crippen molar-refractivity contribution < 1.29 is 9.47 Å². The third kappa shape index (κ3) is 17.5. The lowest BCUT2D eigenvalue weighted by Crippen LogP contribution is -2.11. The molecule has 6 nitrogen and oxygen atoms in total. The summed E-state index contributed by atoms with van der Waals surface area (Å²) >= 11 is 17.4. The molecule has 0 aliphatic heterocycles. The van der Waals surface area contributed by atoms with E-state index in [1.807, 2.05) is 97.1 Å². The number of fused-ring (bicyclic) bond motifs is 2. The van der Waals surface area contributed by atoms with Crippen LogP contribution in [0.4, 0.5) is 62.6 Å². The van der Waals surface area contributed by atoms with Crippen LogP contribution in [0.2, 0.25) is 10.0 Å². The molecule has 0 spiro atoms. The average molecular weight is 1560 g/mol. The van der Waals surface area contributed by atoms with Crippen molar-refractivity contribution in [1.82, 2.24) is 0 Å². The number of ether oxygens (including phenoxy) is 2. The molecule has 18 aromatic rings. The quantitative estimate of drug-likeness (QED) is 0.0870. The Morgan fingerprint density at radius 1 is 0.221 bits per heavy atom. The van der Waals surface area contributed by atoms with Crippen LogP contribution < -0.4 is 29.5 Å². The van der Waals surface area contributed by atoms with Crippen molar-refractivity contribution in [3.8, 4) is 67.5 Å². The van der Waals surface area contributed by atoms with Crippen LogP contribution in [-0.4, -0.2) is 0 Å². The van der Waals surface area contributed by atoms with Crippen LogP contribution >= 0.6 is 39.1 Å². The highest BCUT2D eigenvalue weighted by Gasteiger charge is 2.23. The van der Waals surface area contributed by atoms with Crippen molar-refractivity contribution in [2.24, 2.45) is 0 Å². The summed E-state index contributed by atoms with van der Waals surface area (Å²) in [4.78, 5) is 6.71. The minimum Gasteiger partial charge on any atom is -0.456 e. The maximum absolute atomic E-state index is 7.44. The lowest BCUT2D eigenvalue weighted by atomic mass is 10.0. The maximum atomic E-state index is 7.44. The number of para-hydroxylation sites is 4. The van der Waals surface area contributed by atoms with Crippen LogP contribution in [0, 0.1) is 0 Å². The molecule has 0 unspecified atom stereocenters. The number of nitrogens with zero attached hydrogens (tertiary/aromatic N) is 3. The largest absolute Gasteiger partial charge is 0.456 e. The van der Waals surface area contributed by atoms with E-state index in [0.29, 0.717) is 27.3 Å². The molecule has 18 aromatic carbocycles. The van der Waals surface area contributed by atoms with E-state index < -0.39 is 0 Å². The second kappa shape index (κ2) is 35.4. The van der Waals surface area contributed by atoms with Gasteiger partial charge in [-0.05, 0) is 205 Å². The van der Waals surface area contributed by atoms with E-state index in [0.717, 1.165) is 105 Å². The van der Waals surface area contributed by atoms with E-state index in [2.05, 4.69) is 388 Å². The first-order chi connectivity index (χ1) is 55.8. The highest BCUT2D eigenvalue weighted by atomic mass is 79.9. The maximum Gasteiger partial charge on any atom is 0.148 e. The van der Waals surface area contributed by atoms with Crippen molar-refractivity contribution in [1.29, 1.82) is 0 Å². The van der Waals surface area contributed by atoms with E-state index in [-0.39, 0.29) is 0 Å². The van der Waals surface area contributed by atoms with Crippen molar-refractivity contribution in [2.75, 3.05) is 20.0 Å². The molecule has 0 aliphatic carbocycles. The Morgan fingerprint density at radius 3 is 0.832 bits per heavy atom.